The van der Waals surface area contributed by atoms with E-state index in [1.54, 1.807) is 21.0 Å². The minimum atomic E-state index is -3.76. The van der Waals surface area contributed by atoms with Crippen molar-refractivity contribution in [3.8, 4) is 0 Å². The van der Waals surface area contributed by atoms with Crippen LogP contribution in [0.2, 0.25) is 0 Å². The van der Waals surface area contributed by atoms with Crippen molar-refractivity contribution in [2.75, 3.05) is 27.2 Å². The number of hydrogen-bond acceptors (Lipinski definition) is 3. The largest absolute Gasteiger partial charge is 0.348 e. The molecule has 0 saturated heterocycles. The summed E-state index contributed by atoms with van der Waals surface area (Å²) in [5, 5.41) is 4.87. The van der Waals surface area contributed by atoms with Gasteiger partial charge in [-0.3, -0.25) is 4.79 Å². The van der Waals surface area contributed by atoms with Gasteiger partial charge in [0.05, 0.1) is 6.54 Å². The first-order chi connectivity index (χ1) is 5.79. The van der Waals surface area contributed by atoms with E-state index >= 15 is 0 Å². The van der Waals surface area contributed by atoms with Crippen molar-refractivity contribution < 1.29 is 13.2 Å². The van der Waals surface area contributed by atoms with Gasteiger partial charge in [0.15, 0.2) is 0 Å². The first kappa shape index (κ1) is 12.3. The molecule has 0 saturated carbocycles. The molecule has 0 aliphatic rings. The van der Waals surface area contributed by atoms with Gasteiger partial charge in [-0.2, -0.15) is 12.7 Å². The molecule has 6 nitrogen and oxygen atoms in total. The molecule has 0 unspecified atom stereocenters. The van der Waals surface area contributed by atoms with Crippen molar-refractivity contribution in [3.63, 3.8) is 0 Å². The van der Waals surface area contributed by atoms with E-state index < -0.39 is 10.2 Å². The molecule has 0 fully saturated rings. The lowest BCUT2D eigenvalue weighted by molar-refractivity contribution is -0.128. The molecule has 0 rings (SSSR count). The molecule has 0 radical (unpaired) electrons. The Morgan fingerprint density at radius 3 is 2.08 bits per heavy atom. The molecule has 0 aromatic rings. The Balaban J connectivity index is 4.41. The van der Waals surface area contributed by atoms with Crippen molar-refractivity contribution in [2.24, 2.45) is 5.14 Å². The standard InChI is InChI=1S/C6H15N3O3S/c1-4-9(13(7,11)12)5-6(10)8(2)3/h4-5H2,1-3H3,(H2,7,11,12). The van der Waals surface area contributed by atoms with Gasteiger partial charge in [-0.25, -0.2) is 5.14 Å². The highest BCUT2D eigenvalue weighted by Gasteiger charge is 2.19. The van der Waals surface area contributed by atoms with E-state index in [4.69, 9.17) is 5.14 Å². The number of carbonyl (C=O) groups is 1. The Bertz CT molecular complexity index is 273. The van der Waals surface area contributed by atoms with E-state index in [1.807, 2.05) is 0 Å². The minimum absolute atomic E-state index is 0.193. The molecule has 1 amide bonds. The fourth-order valence-corrected chi connectivity index (χ4v) is 1.32. The lowest BCUT2D eigenvalue weighted by Gasteiger charge is -2.18. The van der Waals surface area contributed by atoms with Gasteiger partial charge in [0, 0.05) is 20.6 Å². The average Bonchev–Trinajstić information content (AvgIpc) is 1.96. The van der Waals surface area contributed by atoms with E-state index in [9.17, 15) is 13.2 Å². The fourth-order valence-electron chi connectivity index (χ4n) is 0.674. The van der Waals surface area contributed by atoms with Crippen LogP contribution in [-0.2, 0) is 15.0 Å². The van der Waals surface area contributed by atoms with Gasteiger partial charge in [-0.1, -0.05) is 6.92 Å². The van der Waals surface area contributed by atoms with Crippen molar-refractivity contribution in [3.05, 3.63) is 0 Å². The zero-order valence-electron chi connectivity index (χ0n) is 8.02. The Hall–Kier alpha value is -0.660. The van der Waals surface area contributed by atoms with Crippen LogP contribution in [-0.4, -0.2) is 50.7 Å². The molecule has 0 spiro atoms. The molecule has 0 aromatic carbocycles. The highest BCUT2D eigenvalue weighted by molar-refractivity contribution is 7.86. The van der Waals surface area contributed by atoms with Crippen LogP contribution in [0.4, 0.5) is 0 Å². The molecule has 13 heavy (non-hydrogen) atoms. The normalized spacial score (nSPS) is 11.8. The molecule has 0 atom stereocenters. The number of amides is 1. The third kappa shape index (κ3) is 4.20. The van der Waals surface area contributed by atoms with Crippen LogP contribution in [0.5, 0.6) is 0 Å². The smallest absolute Gasteiger partial charge is 0.277 e. The van der Waals surface area contributed by atoms with Crippen molar-refractivity contribution in [1.29, 1.82) is 0 Å². The zero-order chi connectivity index (χ0) is 10.6. The Labute approximate surface area is 78.5 Å². The topological polar surface area (TPSA) is 83.7 Å². The molecule has 0 aromatic heterocycles. The van der Waals surface area contributed by atoms with Gasteiger partial charge >= 0.3 is 0 Å². The summed E-state index contributed by atoms with van der Waals surface area (Å²) in [6.45, 7) is 1.61. The maximum Gasteiger partial charge on any atom is 0.277 e. The van der Waals surface area contributed by atoms with Gasteiger partial charge in [-0.05, 0) is 0 Å². The second-order valence-corrected chi connectivity index (χ2v) is 4.31. The summed E-state index contributed by atoms with van der Waals surface area (Å²) in [6, 6.07) is 0. The molecule has 0 bridgehead atoms. The Morgan fingerprint density at radius 2 is 1.85 bits per heavy atom. The summed E-state index contributed by atoms with van der Waals surface area (Å²) in [6.07, 6.45) is 0. The first-order valence-corrected chi connectivity index (χ1v) is 5.27. The number of hydrogen-bond donors (Lipinski definition) is 1. The van der Waals surface area contributed by atoms with Crippen LogP contribution < -0.4 is 5.14 Å². The number of likely N-dealkylation sites (N-methyl/N-ethyl adjacent to an activating group) is 2. The summed E-state index contributed by atoms with van der Waals surface area (Å²) in [4.78, 5) is 12.4. The van der Waals surface area contributed by atoms with Crippen LogP contribution in [0, 0.1) is 0 Å². The van der Waals surface area contributed by atoms with Gasteiger partial charge in [-0.15, -0.1) is 0 Å². The van der Waals surface area contributed by atoms with Crippen molar-refractivity contribution in [2.45, 2.75) is 6.92 Å². The molecule has 0 aliphatic heterocycles. The van der Waals surface area contributed by atoms with E-state index in [1.165, 1.54) is 4.90 Å². The Morgan fingerprint density at radius 1 is 1.38 bits per heavy atom. The number of rotatable bonds is 4. The van der Waals surface area contributed by atoms with Crippen LogP contribution in [0.3, 0.4) is 0 Å². The predicted molar refractivity (Wildman–Crippen MR) is 49.0 cm³/mol. The van der Waals surface area contributed by atoms with Gasteiger partial charge < -0.3 is 4.90 Å². The second-order valence-electron chi connectivity index (χ2n) is 2.76. The first-order valence-electron chi connectivity index (χ1n) is 3.77. The number of nitrogens with two attached hydrogens (primary N) is 1. The SMILES string of the molecule is CCN(CC(=O)N(C)C)S(N)(=O)=O. The third-order valence-corrected chi connectivity index (χ3v) is 2.63. The molecule has 2 N–H and O–H groups in total. The lowest BCUT2D eigenvalue weighted by Crippen LogP contribution is -2.43. The van der Waals surface area contributed by atoms with E-state index in [0.29, 0.717) is 0 Å². The van der Waals surface area contributed by atoms with Gasteiger partial charge in [0.2, 0.25) is 5.91 Å². The van der Waals surface area contributed by atoms with Crippen molar-refractivity contribution >= 4 is 16.1 Å². The predicted octanol–water partition coefficient (Wildman–Crippen LogP) is -1.40. The number of nitrogens with zero attached hydrogens (tertiary/aromatic N) is 2. The Kier molecular flexibility index (Phi) is 4.31. The highest BCUT2D eigenvalue weighted by atomic mass is 32.2. The molecule has 0 heterocycles. The zero-order valence-corrected chi connectivity index (χ0v) is 8.84. The highest BCUT2D eigenvalue weighted by Crippen LogP contribution is 1.94. The lowest BCUT2D eigenvalue weighted by atomic mass is 10.5. The van der Waals surface area contributed by atoms with Crippen molar-refractivity contribution in [1.82, 2.24) is 9.21 Å². The summed E-state index contributed by atoms with van der Waals surface area (Å²) < 4.78 is 22.6. The van der Waals surface area contributed by atoms with Crippen LogP contribution in [0.25, 0.3) is 0 Å². The monoisotopic (exact) mass is 209 g/mol. The fraction of sp³-hybridized carbons (Fsp3) is 0.833. The van der Waals surface area contributed by atoms with Crippen LogP contribution in [0.15, 0.2) is 0 Å². The summed E-state index contributed by atoms with van der Waals surface area (Å²) in [7, 11) is -0.648. The minimum Gasteiger partial charge on any atom is -0.348 e. The molecular weight excluding hydrogens is 194 g/mol. The molecular formula is C6H15N3O3S. The molecule has 0 aliphatic carbocycles. The molecule has 7 heteroatoms. The van der Waals surface area contributed by atoms with E-state index in [2.05, 4.69) is 0 Å². The van der Waals surface area contributed by atoms with Gasteiger partial charge in [0.25, 0.3) is 10.2 Å². The third-order valence-electron chi connectivity index (χ3n) is 1.52. The summed E-state index contributed by atoms with van der Waals surface area (Å²) in [5.74, 6) is -0.295. The quantitative estimate of drug-likeness (QED) is 0.618. The van der Waals surface area contributed by atoms with E-state index in [0.717, 1.165) is 4.31 Å². The molecule has 78 valence electrons. The number of carbonyl (C=O) groups excluding carboxylic acids is 1. The van der Waals surface area contributed by atoms with Crippen LogP contribution in [0.1, 0.15) is 6.92 Å². The van der Waals surface area contributed by atoms with Crippen LogP contribution >= 0.6 is 0 Å². The van der Waals surface area contributed by atoms with Gasteiger partial charge in [0.1, 0.15) is 0 Å². The second kappa shape index (κ2) is 4.54. The van der Waals surface area contributed by atoms with E-state index in [-0.39, 0.29) is 19.0 Å². The summed E-state index contributed by atoms with van der Waals surface area (Å²) in [5.41, 5.74) is 0. The maximum atomic E-state index is 11.1. The summed E-state index contributed by atoms with van der Waals surface area (Å²) >= 11 is 0. The average molecular weight is 209 g/mol. The maximum absolute atomic E-state index is 11.1.